The second kappa shape index (κ2) is 8.64. The second-order valence-corrected chi connectivity index (χ2v) is 6.38. The number of hydrogen-bond acceptors (Lipinski definition) is 4. The highest BCUT2D eigenvalue weighted by Gasteiger charge is 2.30. The molecule has 1 saturated heterocycles. The summed E-state index contributed by atoms with van der Waals surface area (Å²) >= 11 is 0. The molecule has 0 bridgehead atoms. The van der Waals surface area contributed by atoms with Gasteiger partial charge in [-0.1, -0.05) is 6.92 Å². The lowest BCUT2D eigenvalue weighted by Gasteiger charge is -2.39. The molecule has 1 N–H and O–H groups in total. The minimum absolute atomic E-state index is 0.0354. The number of nitrogens with one attached hydrogen (secondary N) is 1. The lowest BCUT2D eigenvalue weighted by Crippen LogP contribution is -2.55. The van der Waals surface area contributed by atoms with Crippen molar-refractivity contribution in [3.05, 3.63) is 18.0 Å². The summed E-state index contributed by atoms with van der Waals surface area (Å²) in [5, 5.41) is 6.80. The van der Waals surface area contributed by atoms with Crippen molar-refractivity contribution < 1.29 is 14.4 Å². The van der Waals surface area contributed by atoms with Crippen molar-refractivity contribution in [1.82, 2.24) is 24.9 Å². The molecular formula is C17H27N5O3. The molecule has 2 heterocycles. The summed E-state index contributed by atoms with van der Waals surface area (Å²) in [6.07, 6.45) is 2.89. The van der Waals surface area contributed by atoms with Crippen molar-refractivity contribution in [1.29, 1.82) is 0 Å². The van der Waals surface area contributed by atoms with Crippen LogP contribution in [0.5, 0.6) is 0 Å². The Morgan fingerprint density at radius 2 is 2.04 bits per heavy atom. The summed E-state index contributed by atoms with van der Waals surface area (Å²) in [7, 11) is 1.74. The van der Waals surface area contributed by atoms with Gasteiger partial charge in [0, 0.05) is 58.3 Å². The van der Waals surface area contributed by atoms with Gasteiger partial charge in [0.05, 0.1) is 0 Å². The quantitative estimate of drug-likeness (QED) is 0.805. The molecule has 1 aliphatic rings. The Bertz CT molecular complexity index is 628. The van der Waals surface area contributed by atoms with Crippen LogP contribution in [0, 0.1) is 0 Å². The zero-order chi connectivity index (χ0) is 18.4. The van der Waals surface area contributed by atoms with Gasteiger partial charge in [0.1, 0.15) is 5.69 Å². The lowest BCUT2D eigenvalue weighted by molar-refractivity contribution is -0.137. The first-order valence-electron chi connectivity index (χ1n) is 8.77. The van der Waals surface area contributed by atoms with E-state index in [1.54, 1.807) is 33.8 Å². The first-order valence-corrected chi connectivity index (χ1v) is 8.77. The molecule has 3 amide bonds. The third-order valence-electron chi connectivity index (χ3n) is 4.41. The maximum atomic E-state index is 12.5. The van der Waals surface area contributed by atoms with Gasteiger partial charge in [-0.2, -0.15) is 5.10 Å². The molecule has 1 unspecified atom stereocenters. The fraction of sp³-hybridized carbons (Fsp3) is 0.647. The average Bonchev–Trinajstić information content (AvgIpc) is 3.03. The van der Waals surface area contributed by atoms with E-state index in [1.165, 1.54) is 0 Å². The number of nitrogens with zero attached hydrogens (tertiary/aromatic N) is 4. The largest absolute Gasteiger partial charge is 0.356 e. The molecule has 0 spiro atoms. The minimum Gasteiger partial charge on any atom is -0.356 e. The summed E-state index contributed by atoms with van der Waals surface area (Å²) in [6, 6.07) is 1.62. The maximum absolute atomic E-state index is 12.5. The molecule has 8 heteroatoms. The van der Waals surface area contributed by atoms with E-state index in [9.17, 15) is 14.4 Å². The second-order valence-electron chi connectivity index (χ2n) is 6.38. The number of carbonyl (C=O) groups excluding carboxylic acids is 3. The van der Waals surface area contributed by atoms with Crippen molar-refractivity contribution in [3.63, 3.8) is 0 Å². The molecule has 0 radical (unpaired) electrons. The van der Waals surface area contributed by atoms with Crippen LogP contribution in [-0.4, -0.2) is 69.5 Å². The molecule has 1 aromatic heterocycles. The van der Waals surface area contributed by atoms with Gasteiger partial charge < -0.3 is 15.1 Å². The third-order valence-corrected chi connectivity index (χ3v) is 4.41. The molecular weight excluding hydrogens is 322 g/mol. The first kappa shape index (κ1) is 19.0. The van der Waals surface area contributed by atoms with E-state index in [4.69, 9.17) is 0 Å². The Kier molecular flexibility index (Phi) is 6.55. The lowest BCUT2D eigenvalue weighted by atomic mass is 10.1. The Labute approximate surface area is 148 Å². The van der Waals surface area contributed by atoms with E-state index < -0.39 is 0 Å². The summed E-state index contributed by atoms with van der Waals surface area (Å²) in [4.78, 5) is 40.0. The van der Waals surface area contributed by atoms with Crippen LogP contribution in [0.15, 0.2) is 12.3 Å². The number of aromatic nitrogens is 2. The smallest absolute Gasteiger partial charge is 0.272 e. The highest BCUT2D eigenvalue weighted by Crippen LogP contribution is 2.14. The van der Waals surface area contributed by atoms with Gasteiger partial charge in [0.25, 0.3) is 5.91 Å². The summed E-state index contributed by atoms with van der Waals surface area (Å²) < 4.78 is 1.56. The molecule has 0 aromatic carbocycles. The van der Waals surface area contributed by atoms with Gasteiger partial charge in [0.2, 0.25) is 11.8 Å². The molecule has 0 aliphatic carbocycles. The van der Waals surface area contributed by atoms with Gasteiger partial charge in [0.15, 0.2) is 0 Å². The number of amides is 3. The number of piperazine rings is 1. The summed E-state index contributed by atoms with van der Waals surface area (Å²) in [5.74, 6) is -0.197. The molecule has 1 aromatic rings. The Balaban J connectivity index is 1.84. The van der Waals surface area contributed by atoms with E-state index in [0.717, 1.165) is 6.42 Å². The van der Waals surface area contributed by atoms with Crippen LogP contribution in [0.2, 0.25) is 0 Å². The Morgan fingerprint density at radius 1 is 1.28 bits per heavy atom. The fourth-order valence-electron chi connectivity index (χ4n) is 2.98. The fourth-order valence-corrected chi connectivity index (χ4v) is 2.98. The monoisotopic (exact) mass is 349 g/mol. The maximum Gasteiger partial charge on any atom is 0.272 e. The topological polar surface area (TPSA) is 87.5 Å². The number of aryl methyl sites for hydroxylation is 1. The van der Waals surface area contributed by atoms with Crippen molar-refractivity contribution in [2.75, 3.05) is 26.2 Å². The molecule has 0 saturated carbocycles. The van der Waals surface area contributed by atoms with Crippen molar-refractivity contribution >= 4 is 17.7 Å². The van der Waals surface area contributed by atoms with Gasteiger partial charge in [-0.05, 0) is 19.4 Å². The van der Waals surface area contributed by atoms with E-state index in [1.807, 2.05) is 13.8 Å². The summed E-state index contributed by atoms with van der Waals surface area (Å²) in [6.45, 7) is 6.01. The molecule has 8 nitrogen and oxygen atoms in total. The third kappa shape index (κ3) is 4.80. The minimum atomic E-state index is -0.0899. The van der Waals surface area contributed by atoms with E-state index in [0.29, 0.717) is 31.9 Å². The highest BCUT2D eigenvalue weighted by atomic mass is 16.2. The van der Waals surface area contributed by atoms with Crippen molar-refractivity contribution in [3.8, 4) is 0 Å². The standard InChI is InChI=1S/C17H27N5O3/c1-4-8-18-15(23)5-6-16(24)22-11-10-21(12-13(22)2)17(25)14-7-9-19-20(14)3/h7,9,13H,4-6,8,10-12H2,1-3H3,(H,18,23). The molecule has 2 rings (SSSR count). The van der Waals surface area contributed by atoms with Crippen LogP contribution in [0.4, 0.5) is 0 Å². The predicted octanol–water partition coefficient (Wildman–Crippen LogP) is 0.399. The van der Waals surface area contributed by atoms with Gasteiger partial charge >= 0.3 is 0 Å². The number of carbonyl (C=O) groups is 3. The highest BCUT2D eigenvalue weighted by molar-refractivity contribution is 5.92. The first-order chi connectivity index (χ1) is 11.9. The molecule has 1 fully saturated rings. The van der Waals surface area contributed by atoms with E-state index in [-0.39, 0.29) is 36.6 Å². The van der Waals surface area contributed by atoms with E-state index >= 15 is 0 Å². The van der Waals surface area contributed by atoms with Crippen LogP contribution in [0.1, 0.15) is 43.6 Å². The Hall–Kier alpha value is -2.38. The average molecular weight is 349 g/mol. The zero-order valence-corrected chi connectivity index (χ0v) is 15.2. The molecule has 1 atom stereocenters. The zero-order valence-electron chi connectivity index (χ0n) is 15.2. The normalized spacial score (nSPS) is 17.5. The Morgan fingerprint density at radius 3 is 2.64 bits per heavy atom. The van der Waals surface area contributed by atoms with Gasteiger partial charge in [-0.3, -0.25) is 19.1 Å². The molecule has 1 aliphatic heterocycles. The molecule has 138 valence electrons. The van der Waals surface area contributed by atoms with Gasteiger partial charge in [-0.15, -0.1) is 0 Å². The van der Waals surface area contributed by atoms with Crippen LogP contribution in [0.25, 0.3) is 0 Å². The van der Waals surface area contributed by atoms with Gasteiger partial charge in [-0.25, -0.2) is 0 Å². The van der Waals surface area contributed by atoms with Crippen LogP contribution in [0.3, 0.4) is 0 Å². The number of rotatable bonds is 6. The van der Waals surface area contributed by atoms with Crippen molar-refractivity contribution in [2.45, 2.75) is 39.2 Å². The predicted molar refractivity (Wildman–Crippen MR) is 92.8 cm³/mol. The van der Waals surface area contributed by atoms with Crippen molar-refractivity contribution in [2.24, 2.45) is 7.05 Å². The SMILES string of the molecule is CCCNC(=O)CCC(=O)N1CCN(C(=O)c2ccnn2C)CC1C. The van der Waals surface area contributed by atoms with Crippen LogP contribution < -0.4 is 5.32 Å². The van der Waals surface area contributed by atoms with E-state index in [2.05, 4.69) is 10.4 Å². The van der Waals surface area contributed by atoms with Crippen LogP contribution >= 0.6 is 0 Å². The van der Waals surface area contributed by atoms with Crippen LogP contribution in [-0.2, 0) is 16.6 Å². The summed E-state index contributed by atoms with van der Waals surface area (Å²) in [5.41, 5.74) is 0.541. The number of hydrogen-bond donors (Lipinski definition) is 1. The molecule has 25 heavy (non-hydrogen) atoms.